The van der Waals surface area contributed by atoms with Gasteiger partial charge in [0.15, 0.2) is 0 Å². The molecule has 0 spiro atoms. The Hall–Kier alpha value is -1.88. The minimum absolute atomic E-state index is 0.0107. The summed E-state index contributed by atoms with van der Waals surface area (Å²) in [5, 5.41) is 0. The standard InChI is InChI=1S/C18H26N2O3/c1-13(2)11-18(22)20-10-9-17(21)19(3)15-8-6-5-7-14(15)16(12-20)23-4/h5-8,13,16H,9-12H2,1-4H3. The van der Waals surface area contributed by atoms with Gasteiger partial charge in [-0.25, -0.2) is 0 Å². The highest BCUT2D eigenvalue weighted by Crippen LogP contribution is 2.30. The van der Waals surface area contributed by atoms with Crippen LogP contribution in [-0.4, -0.2) is 44.0 Å². The summed E-state index contributed by atoms with van der Waals surface area (Å²) in [5.41, 5.74) is 1.79. The number of carbonyl (C=O) groups is 2. The predicted molar refractivity (Wildman–Crippen MR) is 90.3 cm³/mol. The monoisotopic (exact) mass is 318 g/mol. The number of carbonyl (C=O) groups excluding carboxylic acids is 2. The summed E-state index contributed by atoms with van der Waals surface area (Å²) in [6.45, 7) is 4.95. The third-order valence-electron chi connectivity index (χ3n) is 4.22. The average Bonchev–Trinajstić information content (AvgIpc) is 2.57. The molecular formula is C18H26N2O3. The zero-order chi connectivity index (χ0) is 17.0. The van der Waals surface area contributed by atoms with Gasteiger partial charge in [-0.3, -0.25) is 9.59 Å². The van der Waals surface area contributed by atoms with Crippen LogP contribution in [0.2, 0.25) is 0 Å². The number of nitrogens with zero attached hydrogens (tertiary/aromatic N) is 2. The summed E-state index contributed by atoms with van der Waals surface area (Å²) in [6, 6.07) is 7.73. The maximum Gasteiger partial charge on any atom is 0.228 e. The highest BCUT2D eigenvalue weighted by Gasteiger charge is 2.27. The smallest absolute Gasteiger partial charge is 0.228 e. The Bertz CT molecular complexity index is 571. The first-order valence-corrected chi connectivity index (χ1v) is 8.10. The number of benzene rings is 1. The molecule has 1 aromatic carbocycles. The van der Waals surface area contributed by atoms with Crippen molar-refractivity contribution in [3.8, 4) is 0 Å². The molecule has 0 radical (unpaired) electrons. The van der Waals surface area contributed by atoms with Crippen molar-refractivity contribution in [2.75, 3.05) is 32.1 Å². The van der Waals surface area contributed by atoms with Crippen LogP contribution in [0.15, 0.2) is 24.3 Å². The van der Waals surface area contributed by atoms with Crippen LogP contribution in [0.25, 0.3) is 0 Å². The first-order valence-electron chi connectivity index (χ1n) is 8.10. The van der Waals surface area contributed by atoms with Gasteiger partial charge >= 0.3 is 0 Å². The van der Waals surface area contributed by atoms with E-state index in [1.54, 1.807) is 24.0 Å². The maximum atomic E-state index is 12.5. The molecule has 0 saturated carbocycles. The van der Waals surface area contributed by atoms with Crippen LogP contribution in [-0.2, 0) is 14.3 Å². The average molecular weight is 318 g/mol. The molecule has 0 aromatic heterocycles. The Labute approximate surface area is 138 Å². The number of hydrogen-bond donors (Lipinski definition) is 0. The molecule has 5 heteroatoms. The van der Waals surface area contributed by atoms with Crippen LogP contribution in [0.3, 0.4) is 0 Å². The van der Waals surface area contributed by atoms with Crippen LogP contribution in [0.4, 0.5) is 5.69 Å². The van der Waals surface area contributed by atoms with Crippen molar-refractivity contribution < 1.29 is 14.3 Å². The van der Waals surface area contributed by atoms with E-state index in [0.717, 1.165) is 11.3 Å². The Kier molecular flexibility index (Phi) is 5.77. The number of fused-ring (bicyclic) bond motifs is 1. The van der Waals surface area contributed by atoms with Gasteiger partial charge in [-0.1, -0.05) is 32.0 Å². The fourth-order valence-corrected chi connectivity index (χ4v) is 2.89. The van der Waals surface area contributed by atoms with E-state index in [9.17, 15) is 9.59 Å². The lowest BCUT2D eigenvalue weighted by Gasteiger charge is -2.27. The summed E-state index contributed by atoms with van der Waals surface area (Å²) in [4.78, 5) is 28.3. The van der Waals surface area contributed by atoms with Crippen molar-refractivity contribution in [3.63, 3.8) is 0 Å². The minimum Gasteiger partial charge on any atom is -0.375 e. The van der Waals surface area contributed by atoms with Crippen LogP contribution >= 0.6 is 0 Å². The lowest BCUT2D eigenvalue weighted by molar-refractivity contribution is -0.134. The van der Waals surface area contributed by atoms with Crippen molar-refractivity contribution in [2.24, 2.45) is 5.92 Å². The van der Waals surface area contributed by atoms with E-state index in [0.29, 0.717) is 31.8 Å². The molecule has 5 nitrogen and oxygen atoms in total. The SMILES string of the molecule is COC1CN(C(=O)CC(C)C)CCC(=O)N(C)c2ccccc21. The summed E-state index contributed by atoms with van der Waals surface area (Å²) in [5.74, 6) is 0.384. The van der Waals surface area contributed by atoms with Crippen molar-refractivity contribution in [3.05, 3.63) is 29.8 Å². The number of amides is 2. The second-order valence-electron chi connectivity index (χ2n) is 6.42. The van der Waals surface area contributed by atoms with E-state index in [-0.39, 0.29) is 17.9 Å². The molecule has 0 saturated heterocycles. The lowest BCUT2D eigenvalue weighted by Crippen LogP contribution is -2.37. The molecule has 1 atom stereocenters. The second kappa shape index (κ2) is 7.59. The molecular weight excluding hydrogens is 292 g/mol. The molecule has 0 fully saturated rings. The normalized spacial score (nSPS) is 19.2. The Morgan fingerprint density at radius 2 is 2.04 bits per heavy atom. The van der Waals surface area contributed by atoms with Crippen molar-refractivity contribution in [1.82, 2.24) is 4.90 Å². The molecule has 0 N–H and O–H groups in total. The molecule has 1 heterocycles. The van der Waals surface area contributed by atoms with E-state index in [1.165, 1.54) is 0 Å². The van der Waals surface area contributed by atoms with Gasteiger partial charge in [0.25, 0.3) is 0 Å². The molecule has 23 heavy (non-hydrogen) atoms. The molecule has 126 valence electrons. The molecule has 0 bridgehead atoms. The number of anilines is 1. The first kappa shape index (κ1) is 17.5. The lowest BCUT2D eigenvalue weighted by atomic mass is 10.0. The largest absolute Gasteiger partial charge is 0.375 e. The zero-order valence-electron chi connectivity index (χ0n) is 14.4. The van der Waals surface area contributed by atoms with Gasteiger partial charge in [0.2, 0.25) is 11.8 Å². The highest BCUT2D eigenvalue weighted by atomic mass is 16.5. The fraction of sp³-hybridized carbons (Fsp3) is 0.556. The van der Waals surface area contributed by atoms with Crippen molar-refractivity contribution in [2.45, 2.75) is 32.8 Å². The molecule has 2 rings (SSSR count). The number of para-hydroxylation sites is 1. The predicted octanol–water partition coefficient (Wildman–Crippen LogP) is 2.62. The molecule has 1 unspecified atom stereocenters. The molecule has 0 aliphatic carbocycles. The zero-order valence-corrected chi connectivity index (χ0v) is 14.4. The van der Waals surface area contributed by atoms with Gasteiger partial charge in [-0.05, 0) is 12.0 Å². The van der Waals surface area contributed by atoms with Crippen LogP contribution in [0.5, 0.6) is 0 Å². The van der Waals surface area contributed by atoms with E-state index >= 15 is 0 Å². The van der Waals surface area contributed by atoms with Gasteiger partial charge in [-0.2, -0.15) is 0 Å². The van der Waals surface area contributed by atoms with Gasteiger partial charge in [0.1, 0.15) is 6.10 Å². The topological polar surface area (TPSA) is 49.9 Å². The van der Waals surface area contributed by atoms with Gasteiger partial charge in [0, 0.05) is 44.8 Å². The Balaban J connectivity index is 2.35. The highest BCUT2D eigenvalue weighted by molar-refractivity contribution is 5.94. The number of hydrogen-bond acceptors (Lipinski definition) is 3. The Morgan fingerprint density at radius 3 is 2.70 bits per heavy atom. The number of ether oxygens (including phenoxy) is 1. The van der Waals surface area contributed by atoms with Gasteiger partial charge in [0.05, 0.1) is 6.54 Å². The van der Waals surface area contributed by atoms with Crippen LogP contribution < -0.4 is 4.90 Å². The summed E-state index contributed by atoms with van der Waals surface area (Å²) >= 11 is 0. The van der Waals surface area contributed by atoms with E-state index < -0.39 is 0 Å². The quantitative estimate of drug-likeness (QED) is 0.861. The van der Waals surface area contributed by atoms with Crippen LogP contribution in [0.1, 0.15) is 38.4 Å². The third kappa shape index (κ3) is 4.10. The van der Waals surface area contributed by atoms with Crippen molar-refractivity contribution >= 4 is 17.5 Å². The van der Waals surface area contributed by atoms with E-state index in [2.05, 4.69) is 0 Å². The van der Waals surface area contributed by atoms with Gasteiger partial charge in [-0.15, -0.1) is 0 Å². The molecule has 1 aliphatic rings. The van der Waals surface area contributed by atoms with Crippen molar-refractivity contribution in [1.29, 1.82) is 0 Å². The molecule has 2 amide bonds. The first-order chi connectivity index (χ1) is 10.9. The molecule has 1 aromatic rings. The third-order valence-corrected chi connectivity index (χ3v) is 4.22. The summed E-state index contributed by atoms with van der Waals surface area (Å²) < 4.78 is 5.65. The summed E-state index contributed by atoms with van der Waals surface area (Å²) in [7, 11) is 3.42. The number of rotatable bonds is 3. The second-order valence-corrected chi connectivity index (χ2v) is 6.42. The Morgan fingerprint density at radius 1 is 1.35 bits per heavy atom. The fourth-order valence-electron chi connectivity index (χ4n) is 2.89. The maximum absolute atomic E-state index is 12.5. The van der Waals surface area contributed by atoms with Gasteiger partial charge < -0.3 is 14.5 Å². The summed E-state index contributed by atoms with van der Waals surface area (Å²) in [6.07, 6.45) is 0.573. The minimum atomic E-state index is -0.240. The number of methoxy groups -OCH3 is 1. The molecule has 1 aliphatic heterocycles. The van der Waals surface area contributed by atoms with E-state index in [4.69, 9.17) is 4.74 Å². The van der Waals surface area contributed by atoms with Crippen LogP contribution in [0, 0.1) is 5.92 Å². The van der Waals surface area contributed by atoms with E-state index in [1.807, 2.05) is 38.1 Å².